The number of hydrogen-bond donors (Lipinski definition) is 0. The molecule has 4 heterocycles. The topological polar surface area (TPSA) is 51.8 Å². The van der Waals surface area contributed by atoms with Crippen molar-refractivity contribution in [2.45, 2.75) is 0 Å². The molecule has 0 radical (unpaired) electrons. The SMILES string of the molecule is c1ccc(-c2nc(-c3ccccc3)nc(-n3c4ccccc4c4cc5cc6n(c5cc43)-c3ccccc3N(c3ccccc3)c3ccccc3-6)n2)cc1. The van der Waals surface area contributed by atoms with Crippen LogP contribution in [0.4, 0.5) is 17.1 Å². The summed E-state index contributed by atoms with van der Waals surface area (Å²) in [5.41, 5.74) is 11.8. The molecule has 0 saturated carbocycles. The summed E-state index contributed by atoms with van der Waals surface area (Å²) in [6.07, 6.45) is 0. The molecule has 1 aliphatic rings. The van der Waals surface area contributed by atoms with Crippen molar-refractivity contribution in [1.82, 2.24) is 24.1 Å². The molecule has 0 N–H and O–H groups in total. The van der Waals surface area contributed by atoms with E-state index in [1.807, 2.05) is 60.7 Å². The Balaban J connectivity index is 1.23. The van der Waals surface area contributed by atoms with Gasteiger partial charge in [0.15, 0.2) is 11.6 Å². The Labute approximate surface area is 305 Å². The van der Waals surface area contributed by atoms with Crippen LogP contribution in [0.15, 0.2) is 182 Å². The first-order valence-electron chi connectivity index (χ1n) is 17.8. The second-order valence-corrected chi connectivity index (χ2v) is 13.3. The molecule has 10 aromatic rings. The molecule has 6 heteroatoms. The number of benzene rings is 7. The van der Waals surface area contributed by atoms with Gasteiger partial charge in [0.2, 0.25) is 5.95 Å². The molecule has 7 aromatic carbocycles. The zero-order valence-corrected chi connectivity index (χ0v) is 28.5. The lowest BCUT2D eigenvalue weighted by Gasteiger charge is -2.26. The van der Waals surface area contributed by atoms with Gasteiger partial charge in [0.25, 0.3) is 0 Å². The van der Waals surface area contributed by atoms with Gasteiger partial charge in [-0.15, -0.1) is 0 Å². The fourth-order valence-corrected chi connectivity index (χ4v) is 7.95. The summed E-state index contributed by atoms with van der Waals surface area (Å²) in [6.45, 7) is 0. The Morgan fingerprint density at radius 1 is 0.377 bits per heavy atom. The van der Waals surface area contributed by atoms with Gasteiger partial charge in [-0.25, -0.2) is 4.98 Å². The standard InChI is InChI=1S/C47H30N6/c1-4-16-31(17-5-1)45-48-46(32-18-6-2-7-19-32)50-47(49-45)53-38-24-12-10-22-35(38)37-28-33-29-43-36-23-11-13-25-39(36)51(34-20-8-3-9-21-34)40-26-14-15-27-41(40)52(43)42(33)30-44(37)53/h1-30H. The quantitative estimate of drug-likeness (QED) is 0.186. The number of rotatable bonds is 4. The lowest BCUT2D eigenvalue weighted by molar-refractivity contribution is 0.953. The average Bonchev–Trinajstić information content (AvgIpc) is 3.72. The molecular weight excluding hydrogens is 649 g/mol. The largest absolute Gasteiger partial charge is 0.308 e. The Morgan fingerprint density at radius 2 is 0.962 bits per heavy atom. The third-order valence-corrected chi connectivity index (χ3v) is 10.3. The van der Waals surface area contributed by atoms with E-state index in [1.54, 1.807) is 0 Å². The van der Waals surface area contributed by atoms with Gasteiger partial charge in [-0.2, -0.15) is 9.97 Å². The van der Waals surface area contributed by atoms with E-state index < -0.39 is 0 Å². The molecule has 248 valence electrons. The van der Waals surface area contributed by atoms with Crippen LogP contribution in [0.2, 0.25) is 0 Å². The van der Waals surface area contributed by atoms with E-state index in [0.29, 0.717) is 17.6 Å². The Morgan fingerprint density at radius 3 is 1.68 bits per heavy atom. The van der Waals surface area contributed by atoms with Crippen LogP contribution in [0.25, 0.3) is 78.4 Å². The minimum absolute atomic E-state index is 0.576. The third-order valence-electron chi connectivity index (χ3n) is 10.3. The van der Waals surface area contributed by atoms with Gasteiger partial charge < -0.3 is 9.47 Å². The highest BCUT2D eigenvalue weighted by molar-refractivity contribution is 6.14. The average molecular weight is 679 g/mol. The van der Waals surface area contributed by atoms with Crippen LogP contribution < -0.4 is 4.90 Å². The molecule has 0 fully saturated rings. The molecule has 3 aromatic heterocycles. The molecule has 0 unspecified atom stereocenters. The van der Waals surface area contributed by atoms with Crippen molar-refractivity contribution in [2.75, 3.05) is 4.90 Å². The summed E-state index contributed by atoms with van der Waals surface area (Å²) in [5.74, 6) is 1.83. The zero-order chi connectivity index (χ0) is 34.9. The van der Waals surface area contributed by atoms with Crippen LogP contribution in [0.3, 0.4) is 0 Å². The number of anilines is 3. The highest BCUT2D eigenvalue weighted by Gasteiger charge is 2.28. The summed E-state index contributed by atoms with van der Waals surface area (Å²) in [7, 11) is 0. The number of hydrogen-bond acceptors (Lipinski definition) is 4. The van der Waals surface area contributed by atoms with Crippen LogP contribution in [-0.4, -0.2) is 24.1 Å². The molecule has 11 rings (SSSR count). The molecule has 1 aliphatic heterocycles. The van der Waals surface area contributed by atoms with Gasteiger partial charge in [0, 0.05) is 38.5 Å². The summed E-state index contributed by atoms with van der Waals surface area (Å²) in [6, 6.07) is 63.9. The maximum atomic E-state index is 5.18. The van der Waals surface area contributed by atoms with Crippen LogP contribution in [0.1, 0.15) is 0 Å². The Bertz CT molecular complexity index is 2940. The van der Waals surface area contributed by atoms with Crippen LogP contribution in [-0.2, 0) is 0 Å². The van der Waals surface area contributed by atoms with E-state index in [2.05, 4.69) is 135 Å². The summed E-state index contributed by atoms with van der Waals surface area (Å²) < 4.78 is 4.63. The second-order valence-electron chi connectivity index (χ2n) is 13.3. The number of aromatic nitrogens is 5. The molecule has 6 nitrogen and oxygen atoms in total. The number of fused-ring (bicyclic) bond motifs is 10. The van der Waals surface area contributed by atoms with E-state index in [-0.39, 0.29) is 0 Å². The number of para-hydroxylation sites is 5. The minimum atomic E-state index is 0.576. The van der Waals surface area contributed by atoms with Crippen molar-refractivity contribution in [3.63, 3.8) is 0 Å². The van der Waals surface area contributed by atoms with E-state index >= 15 is 0 Å². The van der Waals surface area contributed by atoms with Gasteiger partial charge >= 0.3 is 0 Å². The number of nitrogens with zero attached hydrogens (tertiary/aromatic N) is 6. The van der Waals surface area contributed by atoms with E-state index in [0.717, 1.165) is 66.9 Å². The summed E-state index contributed by atoms with van der Waals surface area (Å²) in [4.78, 5) is 17.7. The Kier molecular flexibility index (Phi) is 6.45. The fourth-order valence-electron chi connectivity index (χ4n) is 7.95. The van der Waals surface area contributed by atoms with E-state index in [9.17, 15) is 0 Å². The molecule has 0 aliphatic carbocycles. The van der Waals surface area contributed by atoms with Crippen LogP contribution in [0.5, 0.6) is 0 Å². The monoisotopic (exact) mass is 678 g/mol. The molecule has 0 saturated heterocycles. The Hall–Kier alpha value is -7.31. The molecule has 0 atom stereocenters. The van der Waals surface area contributed by atoms with E-state index in [4.69, 9.17) is 15.0 Å². The minimum Gasteiger partial charge on any atom is -0.308 e. The van der Waals surface area contributed by atoms with Gasteiger partial charge in [-0.1, -0.05) is 127 Å². The van der Waals surface area contributed by atoms with Gasteiger partial charge in [0.1, 0.15) is 0 Å². The molecule has 0 bridgehead atoms. The molecule has 0 amide bonds. The zero-order valence-electron chi connectivity index (χ0n) is 28.5. The maximum absolute atomic E-state index is 5.18. The summed E-state index contributed by atoms with van der Waals surface area (Å²) in [5, 5.41) is 3.45. The van der Waals surface area contributed by atoms with E-state index in [1.165, 1.54) is 10.9 Å². The predicted octanol–water partition coefficient (Wildman–Crippen LogP) is 11.7. The molecular formula is C47H30N6. The van der Waals surface area contributed by atoms with Crippen molar-refractivity contribution in [2.24, 2.45) is 0 Å². The first kappa shape index (κ1) is 29.4. The highest BCUT2D eigenvalue weighted by atomic mass is 15.2. The van der Waals surface area contributed by atoms with Gasteiger partial charge in [0.05, 0.1) is 39.3 Å². The first-order valence-corrected chi connectivity index (χ1v) is 17.8. The summed E-state index contributed by atoms with van der Waals surface area (Å²) >= 11 is 0. The molecule has 53 heavy (non-hydrogen) atoms. The molecule has 0 spiro atoms. The fraction of sp³-hybridized carbons (Fsp3) is 0. The van der Waals surface area contributed by atoms with Crippen molar-refractivity contribution in [3.8, 4) is 45.7 Å². The van der Waals surface area contributed by atoms with Crippen LogP contribution >= 0.6 is 0 Å². The third kappa shape index (κ3) is 4.56. The lowest BCUT2D eigenvalue weighted by atomic mass is 10.1. The van der Waals surface area contributed by atoms with Gasteiger partial charge in [-0.3, -0.25) is 4.57 Å². The van der Waals surface area contributed by atoms with Crippen molar-refractivity contribution in [3.05, 3.63) is 182 Å². The van der Waals surface area contributed by atoms with Crippen LogP contribution in [0, 0.1) is 0 Å². The predicted molar refractivity (Wildman–Crippen MR) is 216 cm³/mol. The second kappa shape index (κ2) is 11.6. The highest BCUT2D eigenvalue weighted by Crippen LogP contribution is 2.49. The first-order chi connectivity index (χ1) is 26.3. The van der Waals surface area contributed by atoms with Crippen molar-refractivity contribution < 1.29 is 0 Å². The normalized spacial score (nSPS) is 12.1. The van der Waals surface area contributed by atoms with Gasteiger partial charge in [-0.05, 0) is 54.6 Å². The smallest absolute Gasteiger partial charge is 0.238 e. The van der Waals surface area contributed by atoms with Crippen molar-refractivity contribution >= 4 is 49.8 Å². The lowest BCUT2D eigenvalue weighted by Crippen LogP contribution is -2.11. The maximum Gasteiger partial charge on any atom is 0.238 e. The van der Waals surface area contributed by atoms with Crippen molar-refractivity contribution in [1.29, 1.82) is 0 Å².